The van der Waals surface area contributed by atoms with Gasteiger partial charge in [0.15, 0.2) is 5.82 Å². The molecule has 1 saturated carbocycles. The lowest BCUT2D eigenvalue weighted by molar-refractivity contribution is 0.425. The Balaban J connectivity index is 1.47. The minimum Gasteiger partial charge on any atom is -0.383 e. The molecule has 6 rings (SSSR count). The van der Waals surface area contributed by atoms with Crippen LogP contribution in [0.3, 0.4) is 0 Å². The highest BCUT2D eigenvalue weighted by molar-refractivity contribution is 5.93. The highest BCUT2D eigenvalue weighted by Crippen LogP contribution is 2.38. The Kier molecular flexibility index (Phi) is 5.02. The van der Waals surface area contributed by atoms with Crippen molar-refractivity contribution in [2.24, 2.45) is 7.05 Å². The summed E-state index contributed by atoms with van der Waals surface area (Å²) in [7, 11) is 1.85. The number of rotatable bonds is 6. The Hall–Kier alpha value is -4.61. The first kappa shape index (κ1) is 21.9. The molecule has 36 heavy (non-hydrogen) atoms. The highest BCUT2D eigenvalue weighted by atomic mass is 16.5. The van der Waals surface area contributed by atoms with E-state index < -0.39 is 0 Å². The smallest absolute Gasteiger partial charge is 0.265 e. The first-order chi connectivity index (χ1) is 17.4. The molecule has 0 spiro atoms. The fraction of sp³-hybridized carbons (Fsp3) is 0.292. The number of fused-ring (bicyclic) bond motifs is 1. The fourth-order valence-corrected chi connectivity index (χ4v) is 4.44. The van der Waals surface area contributed by atoms with Gasteiger partial charge in [0.25, 0.3) is 11.4 Å². The molecule has 3 N–H and O–H groups in total. The number of anilines is 2. The molecule has 4 heterocycles. The molecule has 0 amide bonds. The van der Waals surface area contributed by atoms with Crippen LogP contribution in [0, 0.1) is 6.92 Å². The van der Waals surface area contributed by atoms with E-state index in [1.54, 1.807) is 22.4 Å². The predicted octanol–water partition coefficient (Wildman–Crippen LogP) is 3.04. The molecule has 1 aliphatic rings. The average Bonchev–Trinajstić information content (AvgIpc) is 3.45. The number of aryl methyl sites for hydroxylation is 2. The molecule has 1 atom stereocenters. The first-order valence-corrected chi connectivity index (χ1v) is 11.6. The Labute approximate surface area is 205 Å². The second-order valence-corrected chi connectivity index (χ2v) is 8.97. The van der Waals surface area contributed by atoms with E-state index in [0.717, 1.165) is 24.0 Å². The summed E-state index contributed by atoms with van der Waals surface area (Å²) in [4.78, 5) is 31.6. The van der Waals surface area contributed by atoms with Crippen LogP contribution in [-0.2, 0) is 7.05 Å². The van der Waals surface area contributed by atoms with Crippen LogP contribution in [0.1, 0.15) is 43.5 Å². The minimum absolute atomic E-state index is 0.0689. The van der Waals surface area contributed by atoms with Crippen molar-refractivity contribution in [2.45, 2.75) is 38.8 Å². The molecule has 12 nitrogen and oxygen atoms in total. The quantitative estimate of drug-likeness (QED) is 0.367. The normalized spacial score (nSPS) is 14.3. The van der Waals surface area contributed by atoms with Crippen LogP contribution in [0.2, 0.25) is 0 Å². The van der Waals surface area contributed by atoms with Crippen molar-refractivity contribution in [1.82, 2.24) is 39.4 Å². The largest absolute Gasteiger partial charge is 0.383 e. The van der Waals surface area contributed by atoms with Gasteiger partial charge in [-0.2, -0.15) is 10.1 Å². The molecule has 12 heteroatoms. The van der Waals surface area contributed by atoms with Crippen LogP contribution in [0.15, 0.2) is 46.2 Å². The van der Waals surface area contributed by atoms with E-state index >= 15 is 0 Å². The number of hydrogen-bond donors (Lipinski definition) is 2. The standard InChI is InChI=1S/C24H24N10O2/c1-12(29-21-19(20(25)26-11-27-21)23-30-13(2)32-36-23)22-31-17-6-4-5-16(14-9-28-33(3)10-14)18(17)24(35)34(22)15-7-8-15/h4-6,9-12,15H,7-8H2,1-3H3,(H3,25,26,27,29)/t12-/m0/s1. The lowest BCUT2D eigenvalue weighted by Gasteiger charge is -2.21. The molecule has 0 radical (unpaired) electrons. The molecule has 0 unspecified atom stereocenters. The van der Waals surface area contributed by atoms with Crippen molar-refractivity contribution in [3.8, 4) is 22.6 Å². The van der Waals surface area contributed by atoms with Crippen LogP contribution < -0.4 is 16.6 Å². The maximum Gasteiger partial charge on any atom is 0.265 e. The van der Waals surface area contributed by atoms with Crippen LogP contribution in [0.4, 0.5) is 11.6 Å². The van der Waals surface area contributed by atoms with E-state index in [1.165, 1.54) is 6.33 Å². The summed E-state index contributed by atoms with van der Waals surface area (Å²) in [5.41, 5.74) is 8.79. The maximum absolute atomic E-state index is 13.9. The molecule has 1 aliphatic carbocycles. The van der Waals surface area contributed by atoms with E-state index in [0.29, 0.717) is 33.9 Å². The second-order valence-electron chi connectivity index (χ2n) is 8.97. The summed E-state index contributed by atoms with van der Waals surface area (Å²) < 4.78 is 8.85. The van der Waals surface area contributed by atoms with Crippen molar-refractivity contribution in [3.63, 3.8) is 0 Å². The molecular weight excluding hydrogens is 460 g/mol. The monoisotopic (exact) mass is 484 g/mol. The van der Waals surface area contributed by atoms with E-state index in [9.17, 15) is 4.79 Å². The summed E-state index contributed by atoms with van der Waals surface area (Å²) in [6, 6.07) is 5.41. The molecule has 0 saturated heterocycles. The van der Waals surface area contributed by atoms with Crippen LogP contribution in [-0.4, -0.2) is 39.4 Å². The molecule has 4 aromatic heterocycles. The Bertz CT molecular complexity index is 1660. The lowest BCUT2D eigenvalue weighted by Crippen LogP contribution is -2.28. The van der Waals surface area contributed by atoms with Gasteiger partial charge in [0, 0.05) is 24.8 Å². The van der Waals surface area contributed by atoms with Gasteiger partial charge < -0.3 is 15.6 Å². The van der Waals surface area contributed by atoms with E-state index in [1.807, 2.05) is 38.4 Å². The van der Waals surface area contributed by atoms with E-state index in [-0.39, 0.29) is 29.4 Å². The molecule has 1 fully saturated rings. The van der Waals surface area contributed by atoms with Gasteiger partial charge in [-0.1, -0.05) is 17.3 Å². The average molecular weight is 485 g/mol. The van der Waals surface area contributed by atoms with Gasteiger partial charge in [-0.3, -0.25) is 14.0 Å². The van der Waals surface area contributed by atoms with Crippen molar-refractivity contribution in [1.29, 1.82) is 0 Å². The van der Waals surface area contributed by atoms with Crippen molar-refractivity contribution >= 4 is 22.5 Å². The zero-order valence-electron chi connectivity index (χ0n) is 20.0. The second kappa shape index (κ2) is 8.26. The zero-order chi connectivity index (χ0) is 25.0. The number of nitrogen functional groups attached to an aromatic ring is 1. The van der Waals surface area contributed by atoms with Crippen molar-refractivity contribution in [2.75, 3.05) is 11.1 Å². The summed E-state index contributed by atoms with van der Waals surface area (Å²) in [5.74, 6) is 1.92. The first-order valence-electron chi connectivity index (χ1n) is 11.6. The summed E-state index contributed by atoms with van der Waals surface area (Å²) in [6.07, 6.45) is 6.87. The number of nitrogens with zero attached hydrogens (tertiary/aromatic N) is 8. The third-order valence-corrected chi connectivity index (χ3v) is 6.24. The predicted molar refractivity (Wildman–Crippen MR) is 133 cm³/mol. The number of nitrogens with one attached hydrogen (secondary N) is 1. The van der Waals surface area contributed by atoms with Gasteiger partial charge in [-0.25, -0.2) is 15.0 Å². The van der Waals surface area contributed by atoms with Gasteiger partial charge in [0.05, 0.1) is 23.1 Å². The molecule has 1 aromatic carbocycles. The Morgan fingerprint density at radius 1 is 1.22 bits per heavy atom. The topological polar surface area (TPSA) is 155 Å². The lowest BCUT2D eigenvalue weighted by atomic mass is 10.0. The Morgan fingerprint density at radius 3 is 2.75 bits per heavy atom. The molecule has 182 valence electrons. The van der Waals surface area contributed by atoms with Crippen molar-refractivity contribution < 1.29 is 4.52 Å². The summed E-state index contributed by atoms with van der Waals surface area (Å²) in [5, 5.41) is 12.1. The third kappa shape index (κ3) is 3.67. The summed E-state index contributed by atoms with van der Waals surface area (Å²) in [6.45, 7) is 3.65. The fourth-order valence-electron chi connectivity index (χ4n) is 4.44. The van der Waals surface area contributed by atoms with Crippen LogP contribution >= 0.6 is 0 Å². The van der Waals surface area contributed by atoms with E-state index in [2.05, 4.69) is 30.5 Å². The SMILES string of the molecule is Cc1noc(-c2c(N)ncnc2N[C@@H](C)c2nc3cccc(-c4cnn(C)c4)c3c(=O)n2C2CC2)n1. The molecule has 5 aromatic rings. The highest BCUT2D eigenvalue weighted by Gasteiger charge is 2.31. The minimum atomic E-state index is -0.387. The number of hydrogen-bond acceptors (Lipinski definition) is 10. The van der Waals surface area contributed by atoms with Gasteiger partial charge in [0.1, 0.15) is 29.4 Å². The van der Waals surface area contributed by atoms with Crippen LogP contribution in [0.5, 0.6) is 0 Å². The molecular formula is C24H24N10O2. The van der Waals surface area contributed by atoms with E-state index in [4.69, 9.17) is 15.2 Å². The molecule has 0 bridgehead atoms. The number of aromatic nitrogens is 8. The maximum atomic E-state index is 13.9. The molecule has 0 aliphatic heterocycles. The third-order valence-electron chi connectivity index (χ3n) is 6.24. The van der Waals surface area contributed by atoms with Gasteiger partial charge in [0.2, 0.25) is 0 Å². The summed E-state index contributed by atoms with van der Waals surface area (Å²) >= 11 is 0. The van der Waals surface area contributed by atoms with Gasteiger partial charge >= 0.3 is 0 Å². The van der Waals surface area contributed by atoms with Crippen LogP contribution in [0.25, 0.3) is 33.5 Å². The number of benzene rings is 1. The Morgan fingerprint density at radius 2 is 2.06 bits per heavy atom. The van der Waals surface area contributed by atoms with Gasteiger partial charge in [-0.15, -0.1) is 0 Å². The number of nitrogens with two attached hydrogens (primary N) is 1. The zero-order valence-corrected chi connectivity index (χ0v) is 20.0. The van der Waals surface area contributed by atoms with Gasteiger partial charge in [-0.05, 0) is 38.3 Å². The van der Waals surface area contributed by atoms with Crippen molar-refractivity contribution in [3.05, 3.63) is 58.9 Å².